The lowest BCUT2D eigenvalue weighted by Crippen LogP contribution is -2.26. The summed E-state index contributed by atoms with van der Waals surface area (Å²) in [6.07, 6.45) is 3.55. The molecule has 0 aromatic heterocycles. The Bertz CT molecular complexity index is 1050. The summed E-state index contributed by atoms with van der Waals surface area (Å²) >= 11 is 0. The van der Waals surface area contributed by atoms with Gasteiger partial charge in [-0.2, -0.15) is 0 Å². The molecule has 0 fully saturated rings. The summed E-state index contributed by atoms with van der Waals surface area (Å²) in [4.78, 5) is 15.0. The fourth-order valence-corrected chi connectivity index (χ4v) is 3.60. The van der Waals surface area contributed by atoms with Crippen molar-refractivity contribution in [2.45, 2.75) is 19.3 Å². The Kier molecular flexibility index (Phi) is 7.07. The first-order valence-electron chi connectivity index (χ1n) is 9.85. The summed E-state index contributed by atoms with van der Waals surface area (Å²) < 4.78 is 25.0. The van der Waals surface area contributed by atoms with Gasteiger partial charge in [-0.1, -0.05) is 12.1 Å². The third-order valence-electron chi connectivity index (χ3n) is 5.24. The van der Waals surface area contributed by atoms with Gasteiger partial charge in [0.05, 0.1) is 19.3 Å². The second-order valence-corrected chi connectivity index (χ2v) is 7.15. The topological polar surface area (TPSA) is 80.2 Å². The van der Waals surface area contributed by atoms with E-state index in [9.17, 15) is 14.3 Å². The molecule has 0 bridgehead atoms. The number of nitrogens with one attached hydrogen (secondary N) is 1. The molecule has 0 saturated heterocycles. The molecule has 6 nitrogen and oxygen atoms in total. The van der Waals surface area contributed by atoms with Gasteiger partial charge in [-0.25, -0.2) is 9.18 Å². The van der Waals surface area contributed by atoms with E-state index in [1.807, 2.05) is 18.2 Å². The van der Waals surface area contributed by atoms with Gasteiger partial charge in [0.15, 0.2) is 0 Å². The van der Waals surface area contributed by atoms with Crippen molar-refractivity contribution in [3.05, 3.63) is 71.3 Å². The molecule has 162 valence electrons. The normalized spacial score (nSPS) is 16.2. The summed E-state index contributed by atoms with van der Waals surface area (Å²) in [6, 6.07) is 10.2. The van der Waals surface area contributed by atoms with Crippen LogP contribution < -0.4 is 14.8 Å². The number of aliphatic carboxylic acids is 1. The summed E-state index contributed by atoms with van der Waals surface area (Å²) in [5.41, 5.74) is 3.15. The second kappa shape index (κ2) is 9.93. The van der Waals surface area contributed by atoms with E-state index in [0.29, 0.717) is 30.2 Å². The van der Waals surface area contributed by atoms with E-state index in [1.165, 1.54) is 24.4 Å². The van der Waals surface area contributed by atoms with E-state index in [0.717, 1.165) is 23.3 Å². The summed E-state index contributed by atoms with van der Waals surface area (Å²) in [5, 5.41) is 12.6. The minimum Gasteiger partial charge on any atom is -0.496 e. The van der Waals surface area contributed by atoms with E-state index in [4.69, 9.17) is 9.47 Å². The molecule has 0 saturated carbocycles. The van der Waals surface area contributed by atoms with Crippen LogP contribution in [0.3, 0.4) is 0 Å². The molecule has 7 heteroatoms. The van der Waals surface area contributed by atoms with E-state index in [2.05, 4.69) is 17.0 Å². The maximum absolute atomic E-state index is 13.8. The summed E-state index contributed by atoms with van der Waals surface area (Å²) in [7, 11) is 1.55. The number of benzene rings is 2. The predicted octanol–water partition coefficient (Wildman–Crippen LogP) is 4.53. The lowest BCUT2D eigenvalue weighted by molar-refractivity contribution is -0.132. The highest BCUT2D eigenvalue weighted by molar-refractivity contribution is 5.90. The van der Waals surface area contributed by atoms with Crippen LogP contribution in [0.15, 0.2) is 64.9 Å². The number of fused-ring (bicyclic) bond motifs is 1. The van der Waals surface area contributed by atoms with Gasteiger partial charge >= 0.3 is 5.97 Å². The number of methoxy groups -OCH3 is 1. The second-order valence-electron chi connectivity index (χ2n) is 7.15. The van der Waals surface area contributed by atoms with Gasteiger partial charge < -0.3 is 19.9 Å². The van der Waals surface area contributed by atoms with E-state index in [1.54, 1.807) is 20.1 Å². The third kappa shape index (κ3) is 5.12. The van der Waals surface area contributed by atoms with Crippen LogP contribution in [-0.4, -0.2) is 38.1 Å². The maximum Gasteiger partial charge on any atom is 0.337 e. The highest BCUT2D eigenvalue weighted by Gasteiger charge is 2.23. The Hall–Kier alpha value is -3.61. The van der Waals surface area contributed by atoms with Crippen molar-refractivity contribution in [1.29, 1.82) is 0 Å². The van der Waals surface area contributed by atoms with Crippen molar-refractivity contribution >= 4 is 12.7 Å². The van der Waals surface area contributed by atoms with Gasteiger partial charge in [0.1, 0.15) is 17.3 Å². The largest absolute Gasteiger partial charge is 0.496 e. The number of hydrogen-bond donors (Lipinski definition) is 2. The van der Waals surface area contributed by atoms with Crippen molar-refractivity contribution in [1.82, 2.24) is 5.32 Å². The Morgan fingerprint density at radius 3 is 2.90 bits per heavy atom. The SMILES string of the molecule is C=N/C=C\C(C(=O)O)=C(/C)NC[C@@H]1CCOc2cc(-c3cc(F)ccc3OC)ccc21. The fourth-order valence-electron chi connectivity index (χ4n) is 3.60. The number of ether oxygens (including phenoxy) is 2. The number of aliphatic imine (C=N–C) groups is 1. The number of carboxylic acid groups (broad SMARTS) is 1. The quantitative estimate of drug-likeness (QED) is 0.370. The molecule has 2 N–H and O–H groups in total. The lowest BCUT2D eigenvalue weighted by Gasteiger charge is -2.27. The smallest absolute Gasteiger partial charge is 0.337 e. The zero-order valence-corrected chi connectivity index (χ0v) is 17.5. The van der Waals surface area contributed by atoms with Crippen LogP contribution in [0.25, 0.3) is 11.1 Å². The van der Waals surface area contributed by atoms with E-state index >= 15 is 0 Å². The van der Waals surface area contributed by atoms with Crippen molar-refractivity contribution < 1.29 is 23.8 Å². The zero-order chi connectivity index (χ0) is 22.4. The van der Waals surface area contributed by atoms with Gasteiger partial charge in [0.25, 0.3) is 0 Å². The predicted molar refractivity (Wildman–Crippen MR) is 118 cm³/mol. The average Bonchev–Trinajstić information content (AvgIpc) is 2.77. The van der Waals surface area contributed by atoms with Gasteiger partial charge in [0, 0.05) is 29.9 Å². The molecule has 1 heterocycles. The van der Waals surface area contributed by atoms with Gasteiger partial charge in [-0.15, -0.1) is 0 Å². The van der Waals surface area contributed by atoms with Crippen LogP contribution in [0.1, 0.15) is 24.8 Å². The Labute approximate surface area is 180 Å². The molecule has 0 unspecified atom stereocenters. The minimum atomic E-state index is -1.04. The molecular formula is C24H25FN2O4. The molecule has 1 atom stereocenters. The molecule has 1 aliphatic rings. The molecule has 31 heavy (non-hydrogen) atoms. The molecule has 0 aliphatic carbocycles. The molecule has 1 aliphatic heterocycles. The van der Waals surface area contributed by atoms with Crippen molar-refractivity contribution in [3.8, 4) is 22.6 Å². The minimum absolute atomic E-state index is 0.133. The molecule has 2 aromatic carbocycles. The molecule has 0 radical (unpaired) electrons. The van der Waals surface area contributed by atoms with Crippen LogP contribution in [0, 0.1) is 5.82 Å². The highest BCUT2D eigenvalue weighted by Crippen LogP contribution is 2.39. The molecule has 2 aromatic rings. The van der Waals surface area contributed by atoms with E-state index < -0.39 is 5.97 Å². The molecule has 0 amide bonds. The Morgan fingerprint density at radius 1 is 1.39 bits per heavy atom. The number of allylic oxidation sites excluding steroid dienone is 1. The first-order chi connectivity index (χ1) is 14.9. The van der Waals surface area contributed by atoms with Gasteiger partial charge in [0.2, 0.25) is 0 Å². The van der Waals surface area contributed by atoms with Gasteiger partial charge in [-0.05, 0) is 61.5 Å². The zero-order valence-electron chi connectivity index (χ0n) is 17.5. The Morgan fingerprint density at radius 2 is 2.19 bits per heavy atom. The monoisotopic (exact) mass is 424 g/mol. The standard InChI is InChI=1S/C24H25FN2O4/c1-15(19(24(28)29)8-10-26-2)27-14-17-9-11-31-23-12-16(4-6-20(17)23)21-13-18(25)5-7-22(21)30-3/h4-8,10,12-13,17,27H,2,9,11,14H2,1,3H3,(H,28,29)/b10-8-,19-15-/t17-/m0/s1. The summed E-state index contributed by atoms with van der Waals surface area (Å²) in [6.45, 7) is 6.14. The van der Waals surface area contributed by atoms with Crippen LogP contribution in [0.4, 0.5) is 4.39 Å². The van der Waals surface area contributed by atoms with Crippen LogP contribution in [0.5, 0.6) is 11.5 Å². The molecule has 3 rings (SSSR count). The van der Waals surface area contributed by atoms with Crippen molar-refractivity contribution in [2.75, 3.05) is 20.3 Å². The average molecular weight is 424 g/mol. The molecular weight excluding hydrogens is 399 g/mol. The molecule has 0 spiro atoms. The number of hydrogen-bond acceptors (Lipinski definition) is 5. The first kappa shape index (κ1) is 22.1. The lowest BCUT2D eigenvalue weighted by atomic mass is 9.90. The number of halogens is 1. The number of rotatable bonds is 8. The van der Waals surface area contributed by atoms with Crippen LogP contribution >= 0.6 is 0 Å². The Balaban J connectivity index is 1.84. The van der Waals surface area contributed by atoms with E-state index in [-0.39, 0.29) is 17.3 Å². The summed E-state index contributed by atoms with van der Waals surface area (Å²) in [5.74, 6) is 0.0792. The maximum atomic E-state index is 13.8. The fraction of sp³-hybridized carbons (Fsp3) is 0.250. The van der Waals surface area contributed by atoms with Crippen molar-refractivity contribution in [2.24, 2.45) is 4.99 Å². The number of nitrogens with zero attached hydrogens (tertiary/aromatic N) is 1. The van der Waals surface area contributed by atoms with Crippen LogP contribution in [0.2, 0.25) is 0 Å². The number of carboxylic acids is 1. The highest BCUT2D eigenvalue weighted by atomic mass is 19.1. The van der Waals surface area contributed by atoms with Crippen LogP contribution in [-0.2, 0) is 4.79 Å². The third-order valence-corrected chi connectivity index (χ3v) is 5.24. The number of carbonyl (C=O) groups is 1. The first-order valence-corrected chi connectivity index (χ1v) is 9.85. The van der Waals surface area contributed by atoms with Crippen molar-refractivity contribution in [3.63, 3.8) is 0 Å². The van der Waals surface area contributed by atoms with Gasteiger partial charge in [-0.3, -0.25) is 4.99 Å².